The molecule has 0 radical (unpaired) electrons. The van der Waals surface area contributed by atoms with Gasteiger partial charge in [-0.3, -0.25) is 9.69 Å². The number of hydrogen-bond acceptors (Lipinski definition) is 3. The second-order valence-electron chi connectivity index (χ2n) is 8.53. The van der Waals surface area contributed by atoms with Crippen LogP contribution in [0.1, 0.15) is 28.8 Å². The molecule has 178 valence electrons. The summed E-state index contributed by atoms with van der Waals surface area (Å²) in [6.45, 7) is 0. The summed E-state index contributed by atoms with van der Waals surface area (Å²) in [7, 11) is 1.85. The fourth-order valence-electron chi connectivity index (χ4n) is 4.38. The number of carbonyl (C=O) groups is 1. The Morgan fingerprint density at radius 3 is 2.09 bits per heavy atom. The lowest BCUT2D eigenvalue weighted by Crippen LogP contribution is -2.52. The molecule has 1 aliphatic heterocycles. The van der Waals surface area contributed by atoms with E-state index in [1.807, 2.05) is 31.3 Å². The lowest BCUT2D eigenvalue weighted by molar-refractivity contribution is -0.145. The van der Waals surface area contributed by atoms with Crippen molar-refractivity contribution in [3.05, 3.63) is 118 Å². The van der Waals surface area contributed by atoms with E-state index < -0.39 is 18.2 Å². The Kier molecular flexibility index (Phi) is 6.60. The van der Waals surface area contributed by atoms with Gasteiger partial charge in [-0.1, -0.05) is 59.6 Å². The van der Waals surface area contributed by atoms with E-state index in [-0.39, 0.29) is 11.7 Å². The molecule has 0 unspecified atom stereocenters. The Morgan fingerprint density at radius 1 is 0.914 bits per heavy atom. The molecule has 0 aliphatic carbocycles. The summed E-state index contributed by atoms with van der Waals surface area (Å²) in [5, 5.41) is 1.20. The SMILES string of the molecule is Cn1cnc(N2C(=O)[C@H](Cc3ccc(F)cc3)O[C@@H](c3ccc(Cl)cc3)[C@H]2c2ccc(Cl)cc2)c1. The van der Waals surface area contributed by atoms with E-state index in [9.17, 15) is 9.18 Å². The first kappa shape index (κ1) is 23.5. The van der Waals surface area contributed by atoms with E-state index in [2.05, 4.69) is 4.98 Å². The van der Waals surface area contributed by atoms with Gasteiger partial charge in [0.2, 0.25) is 0 Å². The van der Waals surface area contributed by atoms with Gasteiger partial charge in [0.1, 0.15) is 18.0 Å². The molecule has 5 nitrogen and oxygen atoms in total. The van der Waals surface area contributed by atoms with E-state index in [0.29, 0.717) is 22.3 Å². The number of amides is 1. The molecule has 0 N–H and O–H groups in total. The van der Waals surface area contributed by atoms with Gasteiger partial charge in [-0.25, -0.2) is 9.37 Å². The number of hydrogen-bond donors (Lipinski definition) is 0. The fourth-order valence-corrected chi connectivity index (χ4v) is 4.64. The van der Waals surface area contributed by atoms with Crippen molar-refractivity contribution in [1.29, 1.82) is 0 Å². The maximum atomic E-state index is 13.9. The number of nitrogens with zero attached hydrogens (tertiary/aromatic N) is 3. The molecule has 4 aromatic rings. The minimum absolute atomic E-state index is 0.224. The van der Waals surface area contributed by atoms with E-state index in [0.717, 1.165) is 16.7 Å². The van der Waals surface area contributed by atoms with Crippen molar-refractivity contribution < 1.29 is 13.9 Å². The second kappa shape index (κ2) is 9.82. The molecule has 8 heteroatoms. The fraction of sp³-hybridized carbons (Fsp3) is 0.185. The Morgan fingerprint density at radius 2 is 1.51 bits per heavy atom. The zero-order chi connectivity index (χ0) is 24.5. The first-order valence-corrected chi connectivity index (χ1v) is 11.9. The standard InChI is InChI=1S/C27H22Cl2FN3O2/c1-32-15-24(31-16-32)33-25(18-4-8-20(28)9-5-18)26(19-6-10-21(29)11-7-19)35-23(27(33)34)14-17-2-12-22(30)13-3-17/h2-13,15-16,23,25-26H,14H2,1H3/t23-,25+,26-/m0/s1. The number of anilines is 1. The van der Waals surface area contributed by atoms with Crippen molar-refractivity contribution in [2.24, 2.45) is 7.05 Å². The van der Waals surface area contributed by atoms with E-state index in [1.54, 1.807) is 58.4 Å². The summed E-state index contributed by atoms with van der Waals surface area (Å²) >= 11 is 12.3. The van der Waals surface area contributed by atoms with Crippen LogP contribution in [-0.2, 0) is 23.0 Å². The summed E-state index contributed by atoms with van der Waals surface area (Å²) in [5.74, 6) is -0.0383. The van der Waals surface area contributed by atoms with Gasteiger partial charge >= 0.3 is 0 Å². The monoisotopic (exact) mass is 509 g/mol. The average molecular weight is 510 g/mol. The largest absolute Gasteiger partial charge is 0.358 e. The van der Waals surface area contributed by atoms with Gasteiger partial charge in [0.05, 0.1) is 12.4 Å². The van der Waals surface area contributed by atoms with Crippen LogP contribution in [0.25, 0.3) is 0 Å². The Bertz CT molecular complexity index is 1320. The lowest BCUT2D eigenvalue weighted by atomic mass is 9.90. The van der Waals surface area contributed by atoms with Crippen LogP contribution in [0.3, 0.4) is 0 Å². The molecule has 2 heterocycles. The highest BCUT2D eigenvalue weighted by atomic mass is 35.5. The molecule has 0 bridgehead atoms. The van der Waals surface area contributed by atoms with Crippen molar-refractivity contribution in [2.75, 3.05) is 4.90 Å². The van der Waals surface area contributed by atoms with Crippen molar-refractivity contribution >= 4 is 34.9 Å². The van der Waals surface area contributed by atoms with Crippen LogP contribution < -0.4 is 4.90 Å². The van der Waals surface area contributed by atoms with Crippen LogP contribution in [0.15, 0.2) is 85.3 Å². The van der Waals surface area contributed by atoms with Gasteiger partial charge in [0.15, 0.2) is 5.82 Å². The third kappa shape index (κ3) is 4.96. The number of aryl methyl sites for hydroxylation is 1. The summed E-state index contributed by atoms with van der Waals surface area (Å²) in [6, 6.07) is 20.4. The molecule has 1 aromatic heterocycles. The number of aromatic nitrogens is 2. The lowest BCUT2D eigenvalue weighted by Gasteiger charge is -2.44. The van der Waals surface area contributed by atoms with Crippen LogP contribution >= 0.6 is 23.2 Å². The van der Waals surface area contributed by atoms with Crippen molar-refractivity contribution in [2.45, 2.75) is 24.7 Å². The summed E-state index contributed by atoms with van der Waals surface area (Å²) in [6.07, 6.45) is 2.44. The van der Waals surface area contributed by atoms with Crippen LogP contribution in [0, 0.1) is 5.82 Å². The van der Waals surface area contributed by atoms with E-state index >= 15 is 0 Å². The van der Waals surface area contributed by atoms with Crippen molar-refractivity contribution in [3.63, 3.8) is 0 Å². The topological polar surface area (TPSA) is 47.4 Å². The molecule has 0 saturated carbocycles. The Hall–Kier alpha value is -3.19. The van der Waals surface area contributed by atoms with Crippen molar-refractivity contribution in [3.8, 4) is 0 Å². The third-order valence-corrected chi connectivity index (χ3v) is 6.58. The summed E-state index contributed by atoms with van der Waals surface area (Å²) in [4.78, 5) is 20.1. The summed E-state index contributed by atoms with van der Waals surface area (Å²) in [5.41, 5.74) is 2.52. The van der Waals surface area contributed by atoms with Crippen LogP contribution in [0.2, 0.25) is 10.0 Å². The molecule has 3 atom stereocenters. The van der Waals surface area contributed by atoms with Gasteiger partial charge in [-0.05, 0) is 53.1 Å². The zero-order valence-electron chi connectivity index (χ0n) is 18.8. The second-order valence-corrected chi connectivity index (χ2v) is 9.40. The number of rotatable bonds is 5. The zero-order valence-corrected chi connectivity index (χ0v) is 20.3. The maximum Gasteiger partial charge on any atom is 0.258 e. The van der Waals surface area contributed by atoms with Gasteiger partial charge in [-0.2, -0.15) is 0 Å². The number of carbonyl (C=O) groups excluding carboxylic acids is 1. The van der Waals surface area contributed by atoms with E-state index in [4.69, 9.17) is 27.9 Å². The van der Waals surface area contributed by atoms with E-state index in [1.165, 1.54) is 12.1 Å². The Labute approximate surface area is 212 Å². The molecule has 35 heavy (non-hydrogen) atoms. The van der Waals surface area contributed by atoms with Gasteiger partial charge < -0.3 is 9.30 Å². The van der Waals surface area contributed by atoms with Crippen molar-refractivity contribution in [1.82, 2.24) is 9.55 Å². The molecular formula is C27H22Cl2FN3O2. The number of ether oxygens (including phenoxy) is 1. The van der Waals surface area contributed by atoms with Gasteiger partial charge in [0, 0.05) is 29.7 Å². The molecule has 1 aliphatic rings. The van der Waals surface area contributed by atoms with Crippen LogP contribution in [-0.4, -0.2) is 21.6 Å². The molecule has 3 aromatic carbocycles. The van der Waals surface area contributed by atoms with Gasteiger partial charge in [-0.15, -0.1) is 0 Å². The highest BCUT2D eigenvalue weighted by Gasteiger charge is 2.45. The maximum absolute atomic E-state index is 13.9. The predicted octanol–water partition coefficient (Wildman–Crippen LogP) is 6.32. The minimum Gasteiger partial charge on any atom is -0.358 e. The third-order valence-electron chi connectivity index (χ3n) is 6.07. The first-order chi connectivity index (χ1) is 16.9. The minimum atomic E-state index is -0.799. The molecule has 0 spiro atoms. The highest BCUT2D eigenvalue weighted by molar-refractivity contribution is 6.30. The molecule has 1 saturated heterocycles. The molecular weight excluding hydrogens is 488 g/mol. The number of halogens is 3. The predicted molar refractivity (Wildman–Crippen MR) is 134 cm³/mol. The normalized spacial score (nSPS) is 20.3. The first-order valence-electron chi connectivity index (χ1n) is 11.1. The van der Waals surface area contributed by atoms with Crippen LogP contribution in [0.4, 0.5) is 10.2 Å². The molecule has 1 amide bonds. The quantitative estimate of drug-likeness (QED) is 0.316. The summed E-state index contributed by atoms with van der Waals surface area (Å²) < 4.78 is 21.8. The average Bonchev–Trinajstić information content (AvgIpc) is 3.28. The number of benzene rings is 3. The Balaban J connectivity index is 1.62. The smallest absolute Gasteiger partial charge is 0.258 e. The van der Waals surface area contributed by atoms with Crippen LogP contribution in [0.5, 0.6) is 0 Å². The molecule has 5 rings (SSSR count). The number of morpholine rings is 1. The van der Waals surface area contributed by atoms with Gasteiger partial charge in [0.25, 0.3) is 5.91 Å². The molecule has 1 fully saturated rings. The number of imidazole rings is 1. The highest BCUT2D eigenvalue weighted by Crippen LogP contribution is 2.44.